The van der Waals surface area contributed by atoms with Crippen LogP contribution < -0.4 is 4.74 Å². The topological polar surface area (TPSA) is 50.8 Å². The van der Waals surface area contributed by atoms with Crippen LogP contribution in [-0.4, -0.2) is 16.4 Å². The second-order valence-electron chi connectivity index (χ2n) is 2.93. The zero-order chi connectivity index (χ0) is 10.6. The maximum Gasteiger partial charge on any atom is 0.230 e. The molecule has 1 aromatic rings. The predicted molar refractivity (Wildman–Crippen MR) is 53.0 cm³/mol. The third-order valence-corrected chi connectivity index (χ3v) is 1.84. The summed E-state index contributed by atoms with van der Waals surface area (Å²) in [7, 11) is 1.76. The Morgan fingerprint density at radius 2 is 2.43 bits per heavy atom. The fourth-order valence-electron chi connectivity index (χ4n) is 1.17. The third-order valence-electron chi connectivity index (χ3n) is 1.84. The van der Waals surface area contributed by atoms with E-state index in [9.17, 15) is 0 Å². The Morgan fingerprint density at radius 3 is 3.00 bits per heavy atom. The van der Waals surface area contributed by atoms with Crippen molar-refractivity contribution in [3.8, 4) is 11.9 Å². The van der Waals surface area contributed by atoms with Crippen molar-refractivity contribution in [2.45, 2.75) is 13.3 Å². The largest absolute Gasteiger partial charge is 0.477 e. The van der Waals surface area contributed by atoms with Gasteiger partial charge in [0.15, 0.2) is 0 Å². The number of ether oxygens (including phenoxy) is 1. The van der Waals surface area contributed by atoms with E-state index in [1.165, 1.54) is 0 Å². The lowest BCUT2D eigenvalue weighted by atomic mass is 10.3. The lowest BCUT2D eigenvalue weighted by Crippen LogP contribution is -2.02. The fourth-order valence-corrected chi connectivity index (χ4v) is 1.17. The molecule has 0 atom stereocenters. The highest BCUT2D eigenvalue weighted by Crippen LogP contribution is 2.19. The van der Waals surface area contributed by atoms with Crippen LogP contribution in [-0.2, 0) is 7.05 Å². The number of rotatable bonds is 4. The minimum absolute atomic E-state index is 0.511. The van der Waals surface area contributed by atoms with Crippen LogP contribution in [0.15, 0.2) is 12.7 Å². The van der Waals surface area contributed by atoms with Gasteiger partial charge in [0.1, 0.15) is 11.6 Å². The standard InChI is InChI=1S/C10H13N3O/c1-4-5-6-14-10-9(7-11)8(2)12-13(10)3/h4H,1,5-6H2,2-3H3. The third kappa shape index (κ3) is 1.94. The molecule has 0 bridgehead atoms. The van der Waals surface area contributed by atoms with E-state index in [0.717, 1.165) is 6.42 Å². The van der Waals surface area contributed by atoms with Crippen LogP contribution in [0.3, 0.4) is 0 Å². The highest BCUT2D eigenvalue weighted by molar-refractivity contribution is 5.41. The van der Waals surface area contributed by atoms with E-state index >= 15 is 0 Å². The van der Waals surface area contributed by atoms with E-state index in [1.807, 2.05) is 0 Å². The molecule has 0 saturated heterocycles. The summed E-state index contributed by atoms with van der Waals surface area (Å²) < 4.78 is 7.01. The minimum Gasteiger partial charge on any atom is -0.477 e. The summed E-state index contributed by atoms with van der Waals surface area (Å²) in [4.78, 5) is 0. The Labute approximate surface area is 83.4 Å². The van der Waals surface area contributed by atoms with Crippen LogP contribution in [0, 0.1) is 18.3 Å². The summed E-state index contributed by atoms with van der Waals surface area (Å²) in [6, 6.07) is 2.08. The predicted octanol–water partition coefficient (Wildman–Crippen LogP) is 1.56. The monoisotopic (exact) mass is 191 g/mol. The van der Waals surface area contributed by atoms with Crippen molar-refractivity contribution in [1.29, 1.82) is 5.26 Å². The van der Waals surface area contributed by atoms with Crippen molar-refractivity contribution >= 4 is 0 Å². The number of aromatic nitrogens is 2. The minimum atomic E-state index is 0.511. The van der Waals surface area contributed by atoms with Gasteiger partial charge in [-0.05, 0) is 13.3 Å². The molecule has 0 unspecified atom stereocenters. The van der Waals surface area contributed by atoms with Crippen molar-refractivity contribution < 1.29 is 4.74 Å². The Bertz CT molecular complexity index is 373. The number of aryl methyl sites for hydroxylation is 2. The van der Waals surface area contributed by atoms with Gasteiger partial charge in [-0.2, -0.15) is 10.4 Å². The highest BCUT2D eigenvalue weighted by Gasteiger charge is 2.13. The molecule has 4 nitrogen and oxygen atoms in total. The molecule has 0 saturated carbocycles. The smallest absolute Gasteiger partial charge is 0.230 e. The first-order chi connectivity index (χ1) is 6.70. The molecular formula is C10H13N3O. The van der Waals surface area contributed by atoms with Crippen LogP contribution >= 0.6 is 0 Å². The van der Waals surface area contributed by atoms with Gasteiger partial charge in [0.05, 0.1) is 12.3 Å². The average molecular weight is 191 g/mol. The van der Waals surface area contributed by atoms with E-state index in [4.69, 9.17) is 10.00 Å². The van der Waals surface area contributed by atoms with Crippen LogP contribution in [0.5, 0.6) is 5.88 Å². The molecule has 0 aliphatic rings. The zero-order valence-electron chi connectivity index (χ0n) is 8.45. The zero-order valence-corrected chi connectivity index (χ0v) is 8.45. The molecule has 0 fully saturated rings. The van der Waals surface area contributed by atoms with Crippen LogP contribution in [0.2, 0.25) is 0 Å². The van der Waals surface area contributed by atoms with Gasteiger partial charge in [-0.3, -0.25) is 0 Å². The van der Waals surface area contributed by atoms with Crippen LogP contribution in [0.25, 0.3) is 0 Å². The molecular weight excluding hydrogens is 178 g/mol. The molecule has 74 valence electrons. The molecule has 14 heavy (non-hydrogen) atoms. The van der Waals surface area contributed by atoms with Crippen LogP contribution in [0.4, 0.5) is 0 Å². The van der Waals surface area contributed by atoms with Gasteiger partial charge in [-0.15, -0.1) is 6.58 Å². The van der Waals surface area contributed by atoms with Crippen molar-refractivity contribution in [1.82, 2.24) is 9.78 Å². The lowest BCUT2D eigenvalue weighted by molar-refractivity contribution is 0.295. The summed E-state index contributed by atoms with van der Waals surface area (Å²) >= 11 is 0. The molecule has 1 aromatic heterocycles. The number of hydrogen-bond donors (Lipinski definition) is 0. The maximum absolute atomic E-state index is 8.87. The van der Waals surface area contributed by atoms with Crippen molar-refractivity contribution in [3.63, 3.8) is 0 Å². The number of hydrogen-bond acceptors (Lipinski definition) is 3. The summed E-state index contributed by atoms with van der Waals surface area (Å²) in [6.07, 6.45) is 2.53. The van der Waals surface area contributed by atoms with E-state index in [-0.39, 0.29) is 0 Å². The Hall–Kier alpha value is -1.76. The summed E-state index contributed by atoms with van der Waals surface area (Å²) in [5.74, 6) is 0.534. The van der Waals surface area contributed by atoms with E-state index < -0.39 is 0 Å². The molecule has 0 aromatic carbocycles. The Morgan fingerprint density at radius 1 is 1.71 bits per heavy atom. The van der Waals surface area contributed by atoms with Gasteiger partial charge < -0.3 is 4.74 Å². The van der Waals surface area contributed by atoms with Gasteiger partial charge in [0, 0.05) is 7.05 Å². The molecule has 0 aliphatic heterocycles. The van der Waals surface area contributed by atoms with Gasteiger partial charge in [-0.1, -0.05) is 6.08 Å². The van der Waals surface area contributed by atoms with Crippen LogP contribution in [0.1, 0.15) is 17.7 Å². The molecule has 1 rings (SSSR count). The molecule has 1 heterocycles. The molecule has 4 heteroatoms. The highest BCUT2D eigenvalue weighted by atomic mass is 16.5. The summed E-state index contributed by atoms with van der Waals surface area (Å²) in [6.45, 7) is 5.91. The Balaban J connectivity index is 2.84. The molecule has 0 spiro atoms. The molecule has 0 N–H and O–H groups in total. The SMILES string of the molecule is C=CCCOc1c(C#N)c(C)nn1C. The summed E-state index contributed by atoms with van der Waals surface area (Å²) in [5.41, 5.74) is 1.21. The summed E-state index contributed by atoms with van der Waals surface area (Å²) in [5, 5.41) is 13.0. The van der Waals surface area contributed by atoms with E-state index in [0.29, 0.717) is 23.7 Å². The van der Waals surface area contributed by atoms with E-state index in [1.54, 1.807) is 24.7 Å². The average Bonchev–Trinajstić information content (AvgIpc) is 2.42. The molecule has 0 radical (unpaired) electrons. The van der Waals surface area contributed by atoms with Gasteiger partial charge in [0.25, 0.3) is 0 Å². The number of nitriles is 1. The second kappa shape index (κ2) is 4.47. The first kappa shape index (κ1) is 10.3. The molecule has 0 amide bonds. The first-order valence-electron chi connectivity index (χ1n) is 4.38. The normalized spacial score (nSPS) is 9.50. The quantitative estimate of drug-likeness (QED) is 0.536. The second-order valence-corrected chi connectivity index (χ2v) is 2.93. The van der Waals surface area contributed by atoms with E-state index in [2.05, 4.69) is 17.7 Å². The lowest BCUT2D eigenvalue weighted by Gasteiger charge is -2.04. The first-order valence-corrected chi connectivity index (χ1v) is 4.38. The van der Waals surface area contributed by atoms with Gasteiger partial charge >= 0.3 is 0 Å². The van der Waals surface area contributed by atoms with Gasteiger partial charge in [0.2, 0.25) is 5.88 Å². The Kier molecular flexibility index (Phi) is 3.29. The maximum atomic E-state index is 8.87. The van der Waals surface area contributed by atoms with Crippen molar-refractivity contribution in [2.24, 2.45) is 7.05 Å². The van der Waals surface area contributed by atoms with Crippen molar-refractivity contribution in [3.05, 3.63) is 23.9 Å². The van der Waals surface area contributed by atoms with Crippen molar-refractivity contribution in [2.75, 3.05) is 6.61 Å². The van der Waals surface area contributed by atoms with Gasteiger partial charge in [-0.25, -0.2) is 4.68 Å². The fraction of sp³-hybridized carbons (Fsp3) is 0.400. The molecule has 0 aliphatic carbocycles. The number of nitrogens with zero attached hydrogens (tertiary/aromatic N) is 3.